The third kappa shape index (κ3) is 2.54. The number of carbonyl (C=O) groups excluding carboxylic acids is 1. The molecule has 0 rings (SSSR count). The van der Waals surface area contributed by atoms with Crippen LogP contribution in [0.5, 0.6) is 0 Å². The highest BCUT2D eigenvalue weighted by Gasteiger charge is 2.07. The molecule has 0 aliphatic heterocycles. The van der Waals surface area contributed by atoms with E-state index in [1.807, 2.05) is 0 Å². The van der Waals surface area contributed by atoms with E-state index in [0.717, 1.165) is 0 Å². The van der Waals surface area contributed by atoms with Gasteiger partial charge in [-0.3, -0.25) is 4.79 Å². The fourth-order valence-electron chi connectivity index (χ4n) is 0.240. The molecular weight excluding hydrogens is 110 g/mol. The van der Waals surface area contributed by atoms with Crippen LogP contribution in [-0.4, -0.2) is 30.8 Å². The molecule has 8 heavy (non-hydrogen) atoms. The summed E-state index contributed by atoms with van der Waals surface area (Å²) in [6, 6.07) is 0. The highest BCUT2D eigenvalue weighted by Crippen LogP contribution is 1.78. The first-order valence-electron chi connectivity index (χ1n) is 2.14. The van der Waals surface area contributed by atoms with E-state index in [-0.39, 0.29) is 6.61 Å². The van der Waals surface area contributed by atoms with Crippen molar-refractivity contribution in [2.24, 2.45) is 5.73 Å². The molecule has 0 radical (unpaired) electrons. The monoisotopic (exact) mass is 119 g/mol. The Bertz CT molecular complexity index is 83.4. The fourth-order valence-corrected chi connectivity index (χ4v) is 0.240. The number of amides is 1. The van der Waals surface area contributed by atoms with Crippen molar-refractivity contribution in [2.75, 3.05) is 13.7 Å². The van der Waals surface area contributed by atoms with Gasteiger partial charge in [-0.15, -0.1) is 0 Å². The van der Waals surface area contributed by atoms with Crippen molar-refractivity contribution in [2.45, 2.75) is 6.10 Å². The molecule has 0 aliphatic rings. The van der Waals surface area contributed by atoms with Gasteiger partial charge < -0.3 is 15.6 Å². The molecule has 1 amide bonds. The van der Waals surface area contributed by atoms with Crippen LogP contribution in [0.2, 0.25) is 0 Å². The van der Waals surface area contributed by atoms with Crippen LogP contribution in [0.4, 0.5) is 0 Å². The standard InChI is InChI=1S/C4H9NO3/c1-8-2-3(6)4(5)7/h3,6H,2H2,1H3,(H2,5,7)/t3-/m1/s1. The maximum Gasteiger partial charge on any atom is 0.248 e. The minimum absolute atomic E-state index is 0.0324. The lowest BCUT2D eigenvalue weighted by Crippen LogP contribution is -2.31. The molecule has 0 aromatic rings. The maximum atomic E-state index is 9.98. The molecular formula is C4H9NO3. The van der Waals surface area contributed by atoms with Gasteiger partial charge in [-0.05, 0) is 0 Å². The summed E-state index contributed by atoms with van der Waals surface area (Å²) in [4.78, 5) is 9.98. The Morgan fingerprint density at radius 3 is 2.62 bits per heavy atom. The van der Waals surface area contributed by atoms with Crippen LogP contribution in [0, 0.1) is 0 Å². The Morgan fingerprint density at radius 2 is 2.50 bits per heavy atom. The van der Waals surface area contributed by atoms with Gasteiger partial charge >= 0.3 is 0 Å². The summed E-state index contributed by atoms with van der Waals surface area (Å²) in [5, 5.41) is 8.53. The van der Waals surface area contributed by atoms with Gasteiger partial charge in [-0.1, -0.05) is 0 Å². The van der Waals surface area contributed by atoms with E-state index in [0.29, 0.717) is 0 Å². The zero-order chi connectivity index (χ0) is 6.57. The van der Waals surface area contributed by atoms with E-state index in [4.69, 9.17) is 5.11 Å². The van der Waals surface area contributed by atoms with Crippen molar-refractivity contribution in [3.05, 3.63) is 0 Å². The summed E-state index contributed by atoms with van der Waals surface area (Å²) >= 11 is 0. The highest BCUT2D eigenvalue weighted by atomic mass is 16.5. The van der Waals surface area contributed by atoms with Crippen LogP contribution in [-0.2, 0) is 9.53 Å². The van der Waals surface area contributed by atoms with Crippen LogP contribution in [0.1, 0.15) is 0 Å². The number of aliphatic hydroxyl groups excluding tert-OH is 1. The van der Waals surface area contributed by atoms with Crippen molar-refractivity contribution in [3.63, 3.8) is 0 Å². The number of ether oxygens (including phenoxy) is 1. The Balaban J connectivity index is 3.32. The molecule has 0 bridgehead atoms. The Morgan fingerprint density at radius 1 is 2.00 bits per heavy atom. The van der Waals surface area contributed by atoms with Crippen LogP contribution in [0.25, 0.3) is 0 Å². The molecule has 48 valence electrons. The second-order valence-electron chi connectivity index (χ2n) is 1.37. The molecule has 1 atom stereocenters. The number of aliphatic hydroxyl groups is 1. The summed E-state index contributed by atoms with van der Waals surface area (Å²) in [7, 11) is 1.38. The molecule has 0 unspecified atom stereocenters. The fraction of sp³-hybridized carbons (Fsp3) is 0.750. The molecule has 3 N–H and O–H groups in total. The maximum absolute atomic E-state index is 9.98. The summed E-state index contributed by atoms with van der Waals surface area (Å²) in [5.41, 5.74) is 4.65. The van der Waals surface area contributed by atoms with Crippen LogP contribution in [0.15, 0.2) is 0 Å². The van der Waals surface area contributed by atoms with E-state index >= 15 is 0 Å². The smallest absolute Gasteiger partial charge is 0.248 e. The molecule has 0 aromatic carbocycles. The van der Waals surface area contributed by atoms with Crippen LogP contribution >= 0.6 is 0 Å². The average Bonchev–Trinajstić information content (AvgIpc) is 1.67. The number of rotatable bonds is 3. The van der Waals surface area contributed by atoms with Gasteiger partial charge in [0.05, 0.1) is 6.61 Å². The molecule has 0 aliphatic carbocycles. The highest BCUT2D eigenvalue weighted by molar-refractivity contribution is 5.78. The summed E-state index contributed by atoms with van der Waals surface area (Å²) in [6.07, 6.45) is -1.17. The second kappa shape index (κ2) is 3.40. The first-order chi connectivity index (χ1) is 3.68. The summed E-state index contributed by atoms with van der Waals surface area (Å²) in [5.74, 6) is -0.758. The predicted molar refractivity (Wildman–Crippen MR) is 27.1 cm³/mol. The molecule has 4 nitrogen and oxygen atoms in total. The third-order valence-electron chi connectivity index (χ3n) is 0.653. The minimum atomic E-state index is -1.17. The number of carbonyl (C=O) groups is 1. The van der Waals surface area contributed by atoms with Crippen molar-refractivity contribution in [3.8, 4) is 0 Å². The minimum Gasteiger partial charge on any atom is -0.381 e. The number of hydrogen-bond acceptors (Lipinski definition) is 3. The Hall–Kier alpha value is -0.610. The van der Waals surface area contributed by atoms with Crippen molar-refractivity contribution in [1.82, 2.24) is 0 Å². The van der Waals surface area contributed by atoms with Gasteiger partial charge in [-0.2, -0.15) is 0 Å². The second-order valence-corrected chi connectivity index (χ2v) is 1.37. The van der Waals surface area contributed by atoms with Crippen LogP contribution < -0.4 is 5.73 Å². The molecule has 0 saturated heterocycles. The van der Waals surface area contributed by atoms with E-state index in [1.165, 1.54) is 7.11 Å². The van der Waals surface area contributed by atoms with E-state index < -0.39 is 12.0 Å². The third-order valence-corrected chi connectivity index (χ3v) is 0.653. The lowest BCUT2D eigenvalue weighted by molar-refractivity contribution is -0.128. The molecule has 0 spiro atoms. The predicted octanol–water partition coefficient (Wildman–Crippen LogP) is -1.52. The normalized spacial score (nSPS) is 13.2. The van der Waals surface area contributed by atoms with Crippen molar-refractivity contribution in [1.29, 1.82) is 0 Å². The number of nitrogens with two attached hydrogens (primary N) is 1. The summed E-state index contributed by atoms with van der Waals surface area (Å²) in [6.45, 7) is -0.0324. The topological polar surface area (TPSA) is 72.6 Å². The van der Waals surface area contributed by atoms with E-state index in [1.54, 1.807) is 0 Å². The Labute approximate surface area is 47.2 Å². The number of primary amides is 1. The lowest BCUT2D eigenvalue weighted by atomic mass is 10.4. The molecule has 0 heterocycles. The van der Waals surface area contributed by atoms with Gasteiger partial charge in [0.25, 0.3) is 0 Å². The molecule has 0 fully saturated rings. The van der Waals surface area contributed by atoms with Crippen molar-refractivity contribution < 1.29 is 14.6 Å². The average molecular weight is 119 g/mol. The molecule has 4 heteroatoms. The number of methoxy groups -OCH3 is 1. The quantitative estimate of drug-likeness (QED) is 0.474. The zero-order valence-electron chi connectivity index (χ0n) is 4.63. The largest absolute Gasteiger partial charge is 0.381 e. The van der Waals surface area contributed by atoms with Crippen molar-refractivity contribution >= 4 is 5.91 Å². The van der Waals surface area contributed by atoms with Gasteiger partial charge in [-0.25, -0.2) is 0 Å². The van der Waals surface area contributed by atoms with Gasteiger partial charge in [0.1, 0.15) is 0 Å². The van der Waals surface area contributed by atoms with Gasteiger partial charge in [0.2, 0.25) is 5.91 Å². The van der Waals surface area contributed by atoms with E-state index in [2.05, 4.69) is 10.5 Å². The van der Waals surface area contributed by atoms with E-state index in [9.17, 15) is 4.79 Å². The molecule has 0 saturated carbocycles. The van der Waals surface area contributed by atoms with Gasteiger partial charge in [0, 0.05) is 7.11 Å². The first kappa shape index (κ1) is 7.39. The van der Waals surface area contributed by atoms with Crippen LogP contribution in [0.3, 0.4) is 0 Å². The first-order valence-corrected chi connectivity index (χ1v) is 2.14. The molecule has 0 aromatic heterocycles. The summed E-state index contributed by atoms with van der Waals surface area (Å²) < 4.78 is 4.41. The van der Waals surface area contributed by atoms with Gasteiger partial charge in [0.15, 0.2) is 6.10 Å². The Kier molecular flexibility index (Phi) is 3.14. The lowest BCUT2D eigenvalue weighted by Gasteiger charge is -2.01. The number of hydrogen-bond donors (Lipinski definition) is 2. The zero-order valence-corrected chi connectivity index (χ0v) is 4.63. The SMILES string of the molecule is COC[C@@H](O)C(N)=O.